The Balaban J connectivity index is 0.00000220. The van der Waals surface area contributed by atoms with Gasteiger partial charge in [0.1, 0.15) is 11.9 Å². The van der Waals surface area contributed by atoms with Crippen molar-refractivity contribution in [2.75, 3.05) is 18.5 Å². The van der Waals surface area contributed by atoms with Crippen LogP contribution in [-0.2, 0) is 9.59 Å². The minimum absolute atomic E-state index is 0. The number of rotatable bonds is 3. The lowest BCUT2D eigenvalue weighted by atomic mass is 10.2. The first-order valence-electron chi connectivity index (χ1n) is 6.51. The number of halogens is 2. The topological polar surface area (TPSA) is 66.6 Å². The van der Waals surface area contributed by atoms with Crippen molar-refractivity contribution >= 4 is 29.9 Å². The molecule has 0 aliphatic carbocycles. The molecule has 1 fully saturated rings. The van der Waals surface area contributed by atoms with Crippen LogP contribution in [0.3, 0.4) is 0 Å². The minimum atomic E-state index is -0.657. The molecule has 2 rings (SSSR count). The van der Waals surface area contributed by atoms with Gasteiger partial charge in [0.15, 0.2) is 0 Å². The summed E-state index contributed by atoms with van der Waals surface area (Å²) in [6, 6.07) is 4.89. The molecule has 1 heterocycles. The number of amides is 2. The number of likely N-dealkylation sites (N-methyl/N-ethyl adjacent to an activating group) is 1. The van der Waals surface area contributed by atoms with Crippen LogP contribution in [0.5, 0.6) is 0 Å². The first kappa shape index (κ1) is 17.4. The highest BCUT2D eigenvalue weighted by Gasteiger charge is 2.38. The molecule has 0 saturated carbocycles. The summed E-state index contributed by atoms with van der Waals surface area (Å²) >= 11 is 0. The molecule has 1 aliphatic heterocycles. The number of nitrogens with zero attached hydrogens (tertiary/aromatic N) is 2. The highest BCUT2D eigenvalue weighted by Crippen LogP contribution is 2.26. The zero-order valence-corrected chi connectivity index (χ0v) is 12.8. The van der Waals surface area contributed by atoms with Crippen LogP contribution in [0.2, 0.25) is 0 Å². The van der Waals surface area contributed by atoms with Gasteiger partial charge in [-0.3, -0.25) is 9.59 Å². The summed E-state index contributed by atoms with van der Waals surface area (Å²) in [6.45, 7) is 1.97. The Labute approximate surface area is 129 Å². The maximum atomic E-state index is 13.7. The fourth-order valence-corrected chi connectivity index (χ4v) is 2.41. The Hall–Kier alpha value is -1.66. The predicted molar refractivity (Wildman–Crippen MR) is 80.8 cm³/mol. The van der Waals surface area contributed by atoms with Gasteiger partial charge in [-0.2, -0.15) is 0 Å². The zero-order chi connectivity index (χ0) is 14.9. The molecule has 1 unspecified atom stereocenters. The second-order valence-corrected chi connectivity index (χ2v) is 4.98. The molecule has 2 N–H and O–H groups in total. The van der Waals surface area contributed by atoms with Gasteiger partial charge in [-0.05, 0) is 25.5 Å². The van der Waals surface area contributed by atoms with Crippen LogP contribution in [0.25, 0.3) is 0 Å². The summed E-state index contributed by atoms with van der Waals surface area (Å²) in [5, 5.41) is 0. The molecule has 1 aliphatic rings. The second-order valence-electron chi connectivity index (χ2n) is 4.98. The van der Waals surface area contributed by atoms with Crippen molar-refractivity contribution in [3.05, 3.63) is 30.1 Å². The zero-order valence-electron chi connectivity index (χ0n) is 12.0. The molecule has 0 bridgehead atoms. The van der Waals surface area contributed by atoms with E-state index in [1.165, 1.54) is 15.9 Å². The highest BCUT2D eigenvalue weighted by molar-refractivity contribution is 6.01. The van der Waals surface area contributed by atoms with Crippen LogP contribution in [-0.4, -0.2) is 42.4 Å². The van der Waals surface area contributed by atoms with Crippen molar-refractivity contribution in [3.63, 3.8) is 0 Å². The number of hydrogen-bond acceptors (Lipinski definition) is 3. The maximum Gasteiger partial charge on any atom is 0.249 e. The van der Waals surface area contributed by atoms with Crippen molar-refractivity contribution in [1.82, 2.24) is 4.90 Å². The minimum Gasteiger partial charge on any atom is -0.332 e. The number of hydrogen-bond donors (Lipinski definition) is 1. The Morgan fingerprint density at radius 3 is 2.67 bits per heavy atom. The third-order valence-electron chi connectivity index (χ3n) is 3.53. The summed E-state index contributed by atoms with van der Waals surface area (Å²) in [5.41, 5.74) is 5.80. The SMILES string of the molecule is C[C@H](N)C(=O)N(C)C1CCN(c2ccccc2F)C1=O.Cl. The first-order chi connectivity index (χ1) is 9.43. The van der Waals surface area contributed by atoms with E-state index in [0.717, 1.165) is 0 Å². The van der Waals surface area contributed by atoms with Gasteiger partial charge in [0.25, 0.3) is 0 Å². The summed E-state index contributed by atoms with van der Waals surface area (Å²) in [7, 11) is 1.55. The molecule has 2 amide bonds. The van der Waals surface area contributed by atoms with E-state index in [0.29, 0.717) is 13.0 Å². The molecule has 5 nitrogen and oxygen atoms in total. The molecular formula is C14H19ClFN3O2. The average molecular weight is 316 g/mol. The average Bonchev–Trinajstić information content (AvgIpc) is 2.79. The lowest BCUT2D eigenvalue weighted by Gasteiger charge is -2.25. The molecule has 7 heteroatoms. The number of anilines is 1. The standard InChI is InChI=1S/C14H18FN3O2.ClH/c1-9(16)13(19)17(2)12-7-8-18(14(12)20)11-6-4-3-5-10(11)15;/h3-6,9,12H,7-8,16H2,1-2H3;1H/t9-,12?;/m0./s1. The summed E-state index contributed by atoms with van der Waals surface area (Å²) in [6.07, 6.45) is 0.474. The van der Waals surface area contributed by atoms with Gasteiger partial charge < -0.3 is 15.5 Å². The number of nitrogens with two attached hydrogens (primary N) is 1. The Morgan fingerprint density at radius 2 is 2.10 bits per heavy atom. The molecule has 1 aromatic carbocycles. The number of carbonyl (C=O) groups is 2. The third kappa shape index (κ3) is 3.33. The largest absolute Gasteiger partial charge is 0.332 e. The second kappa shape index (κ2) is 6.87. The van der Waals surface area contributed by atoms with Crippen molar-refractivity contribution in [2.45, 2.75) is 25.4 Å². The first-order valence-corrected chi connectivity index (χ1v) is 6.51. The molecule has 0 spiro atoms. The van der Waals surface area contributed by atoms with Gasteiger partial charge in [-0.15, -0.1) is 12.4 Å². The quantitative estimate of drug-likeness (QED) is 0.910. The van der Waals surface area contributed by atoms with Gasteiger partial charge in [0.2, 0.25) is 11.8 Å². The van der Waals surface area contributed by atoms with E-state index < -0.39 is 17.9 Å². The monoisotopic (exact) mass is 315 g/mol. The van der Waals surface area contributed by atoms with Gasteiger partial charge in [0.05, 0.1) is 11.7 Å². The molecule has 21 heavy (non-hydrogen) atoms. The number of carbonyl (C=O) groups excluding carboxylic acids is 2. The predicted octanol–water partition coefficient (Wildman–Crippen LogP) is 1.16. The van der Waals surface area contributed by atoms with E-state index in [4.69, 9.17) is 5.73 Å². The van der Waals surface area contributed by atoms with E-state index in [-0.39, 0.29) is 29.9 Å². The molecule has 1 aromatic rings. The van der Waals surface area contributed by atoms with Gasteiger partial charge >= 0.3 is 0 Å². The van der Waals surface area contributed by atoms with Crippen LogP contribution >= 0.6 is 12.4 Å². The van der Waals surface area contributed by atoms with Crippen molar-refractivity contribution < 1.29 is 14.0 Å². The van der Waals surface area contributed by atoms with Crippen LogP contribution in [0.4, 0.5) is 10.1 Å². The van der Waals surface area contributed by atoms with E-state index in [1.54, 1.807) is 32.2 Å². The molecule has 2 atom stereocenters. The van der Waals surface area contributed by atoms with Crippen LogP contribution in [0.15, 0.2) is 24.3 Å². The van der Waals surface area contributed by atoms with Crippen molar-refractivity contribution in [3.8, 4) is 0 Å². The van der Waals surface area contributed by atoms with Gasteiger partial charge in [-0.1, -0.05) is 12.1 Å². The lowest BCUT2D eigenvalue weighted by molar-refractivity contribution is -0.137. The summed E-state index contributed by atoms with van der Waals surface area (Å²) in [5.74, 6) is -1.01. The number of benzene rings is 1. The smallest absolute Gasteiger partial charge is 0.249 e. The maximum absolute atomic E-state index is 13.7. The molecular weight excluding hydrogens is 297 g/mol. The van der Waals surface area contributed by atoms with Crippen LogP contribution in [0, 0.1) is 5.82 Å². The number of para-hydroxylation sites is 1. The Kier molecular flexibility index (Phi) is 5.69. The summed E-state index contributed by atoms with van der Waals surface area (Å²) in [4.78, 5) is 26.9. The molecule has 0 aromatic heterocycles. The van der Waals surface area contributed by atoms with Crippen molar-refractivity contribution in [2.24, 2.45) is 5.73 Å². The molecule has 1 saturated heterocycles. The van der Waals surface area contributed by atoms with E-state index in [2.05, 4.69) is 0 Å². The van der Waals surface area contributed by atoms with Gasteiger partial charge in [0, 0.05) is 13.6 Å². The van der Waals surface area contributed by atoms with Crippen molar-refractivity contribution in [1.29, 1.82) is 0 Å². The van der Waals surface area contributed by atoms with E-state index >= 15 is 0 Å². The summed E-state index contributed by atoms with van der Waals surface area (Å²) < 4.78 is 13.7. The third-order valence-corrected chi connectivity index (χ3v) is 3.53. The Bertz CT molecular complexity index is 539. The molecule has 0 radical (unpaired) electrons. The fourth-order valence-electron chi connectivity index (χ4n) is 2.41. The van der Waals surface area contributed by atoms with E-state index in [9.17, 15) is 14.0 Å². The van der Waals surface area contributed by atoms with Crippen LogP contribution in [0.1, 0.15) is 13.3 Å². The van der Waals surface area contributed by atoms with Gasteiger partial charge in [-0.25, -0.2) is 4.39 Å². The Morgan fingerprint density at radius 1 is 1.48 bits per heavy atom. The fraction of sp³-hybridized carbons (Fsp3) is 0.429. The highest BCUT2D eigenvalue weighted by atomic mass is 35.5. The normalized spacial score (nSPS) is 19.1. The van der Waals surface area contributed by atoms with Crippen LogP contribution < -0.4 is 10.6 Å². The molecule has 116 valence electrons. The lowest BCUT2D eigenvalue weighted by Crippen LogP contribution is -2.48. The van der Waals surface area contributed by atoms with E-state index in [1.807, 2.05) is 0 Å².